The molecule has 0 radical (unpaired) electrons. The number of aromatic amines is 2. The van der Waals surface area contributed by atoms with Gasteiger partial charge in [-0.3, -0.25) is 9.78 Å². The molecule has 0 spiro atoms. The van der Waals surface area contributed by atoms with E-state index in [1.807, 2.05) is 0 Å². The first kappa shape index (κ1) is 13.6. The first-order valence-corrected chi connectivity index (χ1v) is 6.21. The number of H-pyrrole nitrogens is 2. The highest BCUT2D eigenvalue weighted by molar-refractivity contribution is 7.71. The molecule has 2 N–H and O–H groups in total. The summed E-state index contributed by atoms with van der Waals surface area (Å²) < 4.78 is 27.4. The quantitative estimate of drug-likeness (QED) is 0.850. The summed E-state index contributed by atoms with van der Waals surface area (Å²) in [7, 11) is 0. The largest absolute Gasteiger partial charge is 0.335 e. The molecule has 6 heteroatoms. The van der Waals surface area contributed by atoms with Crippen molar-refractivity contribution in [2.24, 2.45) is 0 Å². The lowest BCUT2D eigenvalue weighted by molar-refractivity contribution is 0.559. The minimum absolute atomic E-state index is 0.0325. The van der Waals surface area contributed by atoms with Crippen molar-refractivity contribution in [2.75, 3.05) is 0 Å². The Hall–Kier alpha value is -1.82. The minimum atomic E-state index is -0.637. The van der Waals surface area contributed by atoms with Crippen molar-refractivity contribution in [2.45, 2.75) is 19.8 Å². The van der Waals surface area contributed by atoms with Gasteiger partial charge < -0.3 is 4.98 Å². The van der Waals surface area contributed by atoms with Gasteiger partial charge in [0.25, 0.3) is 5.56 Å². The third-order valence-corrected chi connectivity index (χ3v) is 3.10. The van der Waals surface area contributed by atoms with E-state index in [2.05, 4.69) is 9.97 Å². The van der Waals surface area contributed by atoms with E-state index < -0.39 is 11.6 Å². The van der Waals surface area contributed by atoms with Gasteiger partial charge in [-0.1, -0.05) is 13.0 Å². The Morgan fingerprint density at radius 2 is 1.79 bits per heavy atom. The summed E-state index contributed by atoms with van der Waals surface area (Å²) in [4.78, 5) is 17.0. The van der Waals surface area contributed by atoms with Gasteiger partial charge in [0, 0.05) is 23.2 Å². The second kappa shape index (κ2) is 5.44. The van der Waals surface area contributed by atoms with E-state index in [0.717, 1.165) is 0 Å². The van der Waals surface area contributed by atoms with E-state index in [4.69, 9.17) is 12.2 Å². The van der Waals surface area contributed by atoms with E-state index in [1.165, 1.54) is 18.2 Å². The van der Waals surface area contributed by atoms with Gasteiger partial charge in [-0.05, 0) is 30.8 Å². The van der Waals surface area contributed by atoms with E-state index in [-0.39, 0.29) is 22.3 Å². The smallest absolute Gasteiger partial charge is 0.255 e. The Morgan fingerprint density at radius 1 is 1.16 bits per heavy atom. The molecule has 100 valence electrons. The second-order valence-corrected chi connectivity index (χ2v) is 4.50. The van der Waals surface area contributed by atoms with Crippen LogP contribution in [0.5, 0.6) is 0 Å². The highest BCUT2D eigenvalue weighted by atomic mass is 32.1. The van der Waals surface area contributed by atoms with E-state index in [0.29, 0.717) is 17.7 Å². The number of benzene rings is 1. The zero-order chi connectivity index (χ0) is 14.0. The summed E-state index contributed by atoms with van der Waals surface area (Å²) in [5, 5.41) is 0. The Morgan fingerprint density at radius 3 is 2.37 bits per heavy atom. The molecule has 1 aromatic carbocycles. The van der Waals surface area contributed by atoms with E-state index >= 15 is 0 Å². The number of nitrogens with one attached hydrogen (secondary N) is 2. The molecule has 0 bridgehead atoms. The molecule has 0 atom stereocenters. The molecule has 0 aliphatic carbocycles. The first-order chi connectivity index (χ1) is 9.02. The van der Waals surface area contributed by atoms with Gasteiger partial charge in [-0.2, -0.15) is 0 Å². The molecule has 0 saturated heterocycles. The molecule has 0 aliphatic rings. The van der Waals surface area contributed by atoms with Crippen LogP contribution < -0.4 is 5.56 Å². The highest BCUT2D eigenvalue weighted by Crippen LogP contribution is 2.17. The minimum Gasteiger partial charge on any atom is -0.335 e. The lowest BCUT2D eigenvalue weighted by Gasteiger charge is -2.08. The van der Waals surface area contributed by atoms with Crippen LogP contribution in [0.15, 0.2) is 23.0 Å². The fourth-order valence-electron chi connectivity index (χ4n) is 1.96. The lowest BCUT2D eigenvalue weighted by atomic mass is 10.0. The van der Waals surface area contributed by atoms with Crippen LogP contribution in [0, 0.1) is 16.4 Å². The number of hydrogen-bond donors (Lipinski definition) is 2. The average molecular weight is 282 g/mol. The van der Waals surface area contributed by atoms with Crippen molar-refractivity contribution < 1.29 is 8.78 Å². The van der Waals surface area contributed by atoms with Gasteiger partial charge in [0.2, 0.25) is 0 Å². The Bertz CT molecular complexity index is 701. The van der Waals surface area contributed by atoms with Crippen LogP contribution in [0.1, 0.15) is 23.7 Å². The molecule has 0 unspecified atom stereocenters. The Labute approximate surface area is 113 Å². The van der Waals surface area contributed by atoms with Crippen molar-refractivity contribution >= 4 is 12.2 Å². The molecule has 2 rings (SSSR count). The third-order valence-electron chi connectivity index (χ3n) is 2.90. The predicted molar refractivity (Wildman–Crippen MR) is 70.8 cm³/mol. The van der Waals surface area contributed by atoms with Crippen molar-refractivity contribution in [3.8, 4) is 0 Å². The van der Waals surface area contributed by atoms with Crippen molar-refractivity contribution in [3.05, 3.63) is 61.8 Å². The summed E-state index contributed by atoms with van der Waals surface area (Å²) in [6.07, 6.45) is 0.419. The maximum absolute atomic E-state index is 13.6. The highest BCUT2D eigenvalue weighted by Gasteiger charge is 2.13. The molecule has 1 heterocycles. The van der Waals surface area contributed by atoms with Gasteiger partial charge >= 0.3 is 0 Å². The van der Waals surface area contributed by atoms with Gasteiger partial charge in [-0.15, -0.1) is 0 Å². The normalized spacial score (nSPS) is 10.7. The summed E-state index contributed by atoms with van der Waals surface area (Å²) in [5.74, 6) is -1.27. The molecule has 19 heavy (non-hydrogen) atoms. The fourth-order valence-corrected chi connectivity index (χ4v) is 2.18. The third kappa shape index (κ3) is 2.78. The topological polar surface area (TPSA) is 48.6 Å². The molecule has 0 saturated carbocycles. The van der Waals surface area contributed by atoms with Crippen LogP contribution >= 0.6 is 12.2 Å². The SMILES string of the molecule is CCc1c(Cc2c(F)cccc2F)[nH]c(=S)[nH]c1=O. The molecule has 3 nitrogen and oxygen atoms in total. The molecule has 2 aromatic rings. The number of halogens is 2. The summed E-state index contributed by atoms with van der Waals surface area (Å²) in [6.45, 7) is 1.79. The molecule has 0 amide bonds. The molecule has 0 fully saturated rings. The monoisotopic (exact) mass is 282 g/mol. The lowest BCUT2D eigenvalue weighted by Crippen LogP contribution is -2.18. The van der Waals surface area contributed by atoms with E-state index in [1.54, 1.807) is 6.92 Å². The average Bonchev–Trinajstić information content (AvgIpc) is 2.33. The van der Waals surface area contributed by atoms with Crippen LogP contribution in [-0.4, -0.2) is 9.97 Å². The number of rotatable bonds is 3. The van der Waals surface area contributed by atoms with Crippen molar-refractivity contribution in [1.29, 1.82) is 0 Å². The van der Waals surface area contributed by atoms with Crippen molar-refractivity contribution in [3.63, 3.8) is 0 Å². The van der Waals surface area contributed by atoms with Gasteiger partial charge in [0.1, 0.15) is 11.6 Å². The van der Waals surface area contributed by atoms with Gasteiger partial charge in [-0.25, -0.2) is 8.78 Å². The van der Waals surface area contributed by atoms with E-state index in [9.17, 15) is 13.6 Å². The standard InChI is InChI=1S/C13H12F2N2OS/c1-2-7-11(16-13(19)17-12(7)18)6-8-9(14)4-3-5-10(8)15/h3-5H,2,6H2,1H3,(H2,16,17,18,19). The van der Waals surface area contributed by atoms with Crippen LogP contribution in [0.25, 0.3) is 0 Å². The van der Waals surface area contributed by atoms with Gasteiger partial charge in [0.15, 0.2) is 4.77 Å². The van der Waals surface area contributed by atoms with Crippen LogP contribution in [0.3, 0.4) is 0 Å². The maximum Gasteiger partial charge on any atom is 0.255 e. The Balaban J connectivity index is 2.55. The number of aromatic nitrogens is 2. The molecule has 1 aromatic heterocycles. The zero-order valence-electron chi connectivity index (χ0n) is 10.2. The fraction of sp³-hybridized carbons (Fsp3) is 0.231. The summed E-state index contributed by atoms with van der Waals surface area (Å²) in [6, 6.07) is 3.67. The zero-order valence-corrected chi connectivity index (χ0v) is 11.0. The molecular formula is C13H12F2N2OS. The van der Waals surface area contributed by atoms with Crippen LogP contribution in [-0.2, 0) is 12.8 Å². The second-order valence-electron chi connectivity index (χ2n) is 4.10. The van der Waals surface area contributed by atoms with Gasteiger partial charge in [0.05, 0.1) is 0 Å². The maximum atomic E-state index is 13.6. The van der Waals surface area contributed by atoms with Crippen LogP contribution in [0.2, 0.25) is 0 Å². The summed E-state index contributed by atoms with van der Waals surface area (Å²) >= 11 is 4.88. The Kier molecular flexibility index (Phi) is 3.90. The molecule has 0 aliphatic heterocycles. The summed E-state index contributed by atoms with van der Waals surface area (Å²) in [5.41, 5.74) is 0.503. The first-order valence-electron chi connectivity index (χ1n) is 5.80. The van der Waals surface area contributed by atoms with Crippen LogP contribution in [0.4, 0.5) is 8.78 Å². The number of hydrogen-bond acceptors (Lipinski definition) is 2. The predicted octanol–water partition coefficient (Wildman–Crippen LogP) is 2.86. The van der Waals surface area contributed by atoms with Crippen molar-refractivity contribution in [1.82, 2.24) is 9.97 Å². The molecular weight excluding hydrogens is 270 g/mol.